The molecule has 0 saturated heterocycles. The van der Waals surface area contributed by atoms with Gasteiger partial charge in [-0.05, 0) is 42.1 Å². The smallest absolute Gasteiger partial charge is 0.279 e. The molecule has 2 heterocycles. The van der Waals surface area contributed by atoms with Gasteiger partial charge in [-0.25, -0.2) is 0 Å². The molecular weight excluding hydrogens is 370 g/mol. The summed E-state index contributed by atoms with van der Waals surface area (Å²) in [5.41, 5.74) is 1.83. The third-order valence-corrected chi connectivity index (χ3v) is 5.71. The molecule has 1 amide bonds. The van der Waals surface area contributed by atoms with Gasteiger partial charge in [0.15, 0.2) is 5.69 Å². The summed E-state index contributed by atoms with van der Waals surface area (Å²) < 4.78 is 1.31. The second-order valence-corrected chi connectivity index (χ2v) is 7.64. The average molecular weight is 389 g/mol. The SMILES string of the molecule is Cc1ccsc1CN(C)C(=O)c1nn(-c2ccccc2)c(=O)c2ccccc12. The van der Waals surface area contributed by atoms with Crippen LogP contribution in [-0.2, 0) is 6.54 Å². The van der Waals surface area contributed by atoms with Crippen LogP contribution in [0.15, 0.2) is 70.8 Å². The first kappa shape index (κ1) is 18.1. The molecule has 28 heavy (non-hydrogen) atoms. The molecule has 2 aromatic carbocycles. The molecule has 2 aromatic heterocycles. The van der Waals surface area contributed by atoms with Crippen molar-refractivity contribution in [3.8, 4) is 5.69 Å². The summed E-state index contributed by atoms with van der Waals surface area (Å²) in [5.74, 6) is -0.214. The van der Waals surface area contributed by atoms with E-state index in [0.29, 0.717) is 23.0 Å². The van der Waals surface area contributed by atoms with Crippen LogP contribution in [0, 0.1) is 6.92 Å². The second kappa shape index (κ2) is 7.40. The Kier molecular flexibility index (Phi) is 4.79. The van der Waals surface area contributed by atoms with Crippen molar-refractivity contribution < 1.29 is 4.79 Å². The van der Waals surface area contributed by atoms with Gasteiger partial charge in [-0.3, -0.25) is 9.59 Å². The van der Waals surface area contributed by atoms with Crippen molar-refractivity contribution in [3.63, 3.8) is 0 Å². The van der Waals surface area contributed by atoms with E-state index < -0.39 is 0 Å². The van der Waals surface area contributed by atoms with Gasteiger partial charge < -0.3 is 4.90 Å². The van der Waals surface area contributed by atoms with Gasteiger partial charge in [-0.1, -0.05) is 36.4 Å². The Morgan fingerprint density at radius 2 is 1.71 bits per heavy atom. The van der Waals surface area contributed by atoms with Crippen LogP contribution in [0.2, 0.25) is 0 Å². The standard InChI is InChI=1S/C22H19N3O2S/c1-15-12-13-28-19(15)14-24(2)22(27)20-17-10-6-7-11-18(17)21(26)25(23-20)16-8-4-3-5-9-16/h3-13H,14H2,1-2H3. The minimum atomic E-state index is -0.241. The maximum Gasteiger partial charge on any atom is 0.279 e. The number of para-hydroxylation sites is 1. The number of hydrogen-bond acceptors (Lipinski definition) is 4. The largest absolute Gasteiger partial charge is 0.335 e. The summed E-state index contributed by atoms with van der Waals surface area (Å²) in [6, 6.07) is 18.3. The van der Waals surface area contributed by atoms with Gasteiger partial charge in [-0.2, -0.15) is 9.78 Å². The van der Waals surface area contributed by atoms with Crippen molar-refractivity contribution in [2.24, 2.45) is 0 Å². The summed E-state index contributed by atoms with van der Waals surface area (Å²) in [6.07, 6.45) is 0. The quantitative estimate of drug-likeness (QED) is 0.530. The lowest BCUT2D eigenvalue weighted by atomic mass is 10.1. The van der Waals surface area contributed by atoms with Gasteiger partial charge in [-0.15, -0.1) is 11.3 Å². The normalized spacial score (nSPS) is 10.9. The van der Waals surface area contributed by atoms with Gasteiger partial charge in [0.05, 0.1) is 17.6 Å². The number of benzene rings is 2. The molecule has 0 fully saturated rings. The van der Waals surface area contributed by atoms with E-state index in [1.807, 2.05) is 42.6 Å². The first-order valence-electron chi connectivity index (χ1n) is 8.92. The Hall–Kier alpha value is -3.25. The molecule has 6 heteroatoms. The molecule has 0 unspecified atom stereocenters. The molecule has 140 valence electrons. The number of nitrogens with zero attached hydrogens (tertiary/aromatic N) is 3. The van der Waals surface area contributed by atoms with Crippen molar-refractivity contribution in [1.29, 1.82) is 0 Å². The van der Waals surface area contributed by atoms with E-state index in [1.54, 1.807) is 53.6 Å². The van der Waals surface area contributed by atoms with Crippen LogP contribution in [0.3, 0.4) is 0 Å². The van der Waals surface area contributed by atoms with Crippen LogP contribution >= 0.6 is 11.3 Å². The Morgan fingerprint density at radius 3 is 2.39 bits per heavy atom. The molecule has 0 aliphatic heterocycles. The molecular formula is C22H19N3O2S. The van der Waals surface area contributed by atoms with Crippen molar-refractivity contribution >= 4 is 28.0 Å². The fourth-order valence-corrected chi connectivity index (χ4v) is 4.08. The summed E-state index contributed by atoms with van der Waals surface area (Å²) >= 11 is 1.63. The molecule has 4 rings (SSSR count). The third kappa shape index (κ3) is 3.23. The predicted octanol–water partition coefficient (Wildman–Crippen LogP) is 4.03. The number of amides is 1. The summed E-state index contributed by atoms with van der Waals surface area (Å²) in [4.78, 5) is 29.0. The van der Waals surface area contributed by atoms with Crippen molar-refractivity contribution in [2.45, 2.75) is 13.5 Å². The van der Waals surface area contributed by atoms with E-state index in [2.05, 4.69) is 5.10 Å². The predicted molar refractivity (Wildman–Crippen MR) is 112 cm³/mol. The van der Waals surface area contributed by atoms with Crippen LogP contribution in [-0.4, -0.2) is 27.6 Å². The highest BCUT2D eigenvalue weighted by molar-refractivity contribution is 7.10. The summed E-state index contributed by atoms with van der Waals surface area (Å²) in [7, 11) is 1.76. The molecule has 5 nitrogen and oxygen atoms in total. The number of fused-ring (bicyclic) bond motifs is 1. The van der Waals surface area contributed by atoms with Crippen LogP contribution in [0.25, 0.3) is 16.5 Å². The molecule has 0 spiro atoms. The Morgan fingerprint density at radius 1 is 1.04 bits per heavy atom. The number of aromatic nitrogens is 2. The van der Waals surface area contributed by atoms with Crippen molar-refractivity contribution in [1.82, 2.24) is 14.7 Å². The Bertz CT molecular complexity index is 1210. The van der Waals surface area contributed by atoms with Crippen LogP contribution in [0.4, 0.5) is 0 Å². The minimum absolute atomic E-state index is 0.214. The van der Waals surface area contributed by atoms with E-state index in [1.165, 1.54) is 4.68 Å². The van der Waals surface area contributed by atoms with Crippen LogP contribution in [0.5, 0.6) is 0 Å². The van der Waals surface area contributed by atoms with E-state index in [0.717, 1.165) is 10.4 Å². The number of hydrogen-bond donors (Lipinski definition) is 0. The summed E-state index contributed by atoms with van der Waals surface area (Å²) in [5, 5.41) is 7.53. The van der Waals surface area contributed by atoms with Crippen LogP contribution in [0.1, 0.15) is 20.9 Å². The van der Waals surface area contributed by atoms with Gasteiger partial charge in [0, 0.05) is 17.3 Å². The second-order valence-electron chi connectivity index (χ2n) is 6.63. The molecule has 0 saturated carbocycles. The number of aryl methyl sites for hydroxylation is 1. The molecule has 0 aliphatic carbocycles. The number of carbonyl (C=O) groups is 1. The van der Waals surface area contributed by atoms with E-state index in [9.17, 15) is 9.59 Å². The first-order chi connectivity index (χ1) is 13.6. The Labute approximate surface area is 166 Å². The molecule has 0 atom stereocenters. The van der Waals surface area contributed by atoms with Crippen molar-refractivity contribution in [3.05, 3.63) is 92.5 Å². The van der Waals surface area contributed by atoms with E-state index in [4.69, 9.17) is 0 Å². The highest BCUT2D eigenvalue weighted by atomic mass is 32.1. The van der Waals surface area contributed by atoms with Gasteiger partial charge in [0.25, 0.3) is 11.5 Å². The van der Waals surface area contributed by atoms with Gasteiger partial charge in [0.2, 0.25) is 0 Å². The molecule has 4 aromatic rings. The van der Waals surface area contributed by atoms with E-state index in [-0.39, 0.29) is 17.2 Å². The molecule has 0 N–H and O–H groups in total. The topological polar surface area (TPSA) is 55.2 Å². The molecule has 0 bridgehead atoms. The highest BCUT2D eigenvalue weighted by Crippen LogP contribution is 2.20. The molecule has 0 radical (unpaired) electrons. The first-order valence-corrected chi connectivity index (χ1v) is 9.80. The lowest BCUT2D eigenvalue weighted by molar-refractivity contribution is 0.0780. The Balaban J connectivity index is 1.84. The third-order valence-electron chi connectivity index (χ3n) is 4.70. The fourth-order valence-electron chi connectivity index (χ4n) is 3.13. The summed E-state index contributed by atoms with van der Waals surface area (Å²) in [6.45, 7) is 2.54. The van der Waals surface area contributed by atoms with E-state index >= 15 is 0 Å². The monoisotopic (exact) mass is 389 g/mol. The maximum absolute atomic E-state index is 13.2. The molecule has 0 aliphatic rings. The average Bonchev–Trinajstić information content (AvgIpc) is 3.13. The number of rotatable bonds is 4. The zero-order valence-corrected chi connectivity index (χ0v) is 16.4. The zero-order valence-electron chi connectivity index (χ0n) is 15.6. The number of thiophene rings is 1. The fraction of sp³-hybridized carbons (Fsp3) is 0.136. The minimum Gasteiger partial charge on any atom is -0.335 e. The lowest BCUT2D eigenvalue weighted by Gasteiger charge is -2.18. The van der Waals surface area contributed by atoms with Gasteiger partial charge in [0.1, 0.15) is 0 Å². The van der Waals surface area contributed by atoms with Crippen LogP contribution < -0.4 is 5.56 Å². The van der Waals surface area contributed by atoms with Gasteiger partial charge >= 0.3 is 0 Å². The lowest BCUT2D eigenvalue weighted by Crippen LogP contribution is -2.31. The zero-order chi connectivity index (χ0) is 19.7. The maximum atomic E-state index is 13.2. The number of carbonyl (C=O) groups excluding carboxylic acids is 1. The highest BCUT2D eigenvalue weighted by Gasteiger charge is 2.21. The van der Waals surface area contributed by atoms with Crippen molar-refractivity contribution in [2.75, 3.05) is 7.05 Å².